The van der Waals surface area contributed by atoms with Crippen molar-refractivity contribution in [1.82, 2.24) is 19.5 Å². The van der Waals surface area contributed by atoms with Crippen molar-refractivity contribution in [1.29, 1.82) is 0 Å². The SMILES string of the molecule is CN(C)CCCNc1nc2ccccc2c2ccnn12.Cl. The molecule has 0 bridgehead atoms. The van der Waals surface area contributed by atoms with E-state index in [1.165, 1.54) is 0 Å². The summed E-state index contributed by atoms with van der Waals surface area (Å²) in [5.41, 5.74) is 2.08. The van der Waals surface area contributed by atoms with Gasteiger partial charge in [0.05, 0.1) is 17.2 Å². The first-order chi connectivity index (χ1) is 9.75. The van der Waals surface area contributed by atoms with Gasteiger partial charge in [-0.15, -0.1) is 12.4 Å². The van der Waals surface area contributed by atoms with E-state index >= 15 is 0 Å². The second-order valence-electron chi connectivity index (χ2n) is 5.16. The van der Waals surface area contributed by atoms with Crippen molar-refractivity contribution >= 4 is 34.8 Å². The minimum absolute atomic E-state index is 0. The molecule has 0 aliphatic rings. The largest absolute Gasteiger partial charge is 0.354 e. The number of anilines is 1. The highest BCUT2D eigenvalue weighted by Crippen LogP contribution is 2.20. The smallest absolute Gasteiger partial charge is 0.224 e. The van der Waals surface area contributed by atoms with Crippen molar-refractivity contribution in [2.45, 2.75) is 6.42 Å². The summed E-state index contributed by atoms with van der Waals surface area (Å²) in [5, 5.41) is 8.88. The van der Waals surface area contributed by atoms with E-state index < -0.39 is 0 Å². The number of nitrogens with zero attached hydrogens (tertiary/aromatic N) is 4. The Morgan fingerprint density at radius 2 is 2.00 bits per heavy atom. The van der Waals surface area contributed by atoms with Gasteiger partial charge in [0, 0.05) is 11.9 Å². The number of halogens is 1. The Kier molecular flexibility index (Phi) is 4.98. The average molecular weight is 306 g/mol. The van der Waals surface area contributed by atoms with Crippen molar-refractivity contribution in [2.75, 3.05) is 32.5 Å². The number of hydrogen-bond acceptors (Lipinski definition) is 4. The minimum atomic E-state index is 0. The molecule has 2 aromatic heterocycles. The molecule has 21 heavy (non-hydrogen) atoms. The van der Waals surface area contributed by atoms with Crippen LogP contribution in [-0.4, -0.2) is 46.7 Å². The fourth-order valence-electron chi connectivity index (χ4n) is 2.34. The van der Waals surface area contributed by atoms with Gasteiger partial charge in [0.25, 0.3) is 0 Å². The number of fused-ring (bicyclic) bond motifs is 3. The predicted octanol–water partition coefficient (Wildman–Crippen LogP) is 2.67. The van der Waals surface area contributed by atoms with Crippen LogP contribution >= 0.6 is 12.4 Å². The fourth-order valence-corrected chi connectivity index (χ4v) is 2.34. The molecule has 0 radical (unpaired) electrons. The van der Waals surface area contributed by atoms with Crippen LogP contribution in [0, 0.1) is 0 Å². The van der Waals surface area contributed by atoms with Crippen molar-refractivity contribution in [3.63, 3.8) is 0 Å². The lowest BCUT2D eigenvalue weighted by atomic mass is 10.2. The van der Waals surface area contributed by atoms with Crippen LogP contribution in [0.5, 0.6) is 0 Å². The molecule has 6 heteroatoms. The van der Waals surface area contributed by atoms with Crippen molar-refractivity contribution in [2.24, 2.45) is 0 Å². The first-order valence-electron chi connectivity index (χ1n) is 6.87. The lowest BCUT2D eigenvalue weighted by molar-refractivity contribution is 0.405. The minimum Gasteiger partial charge on any atom is -0.354 e. The van der Waals surface area contributed by atoms with Gasteiger partial charge in [-0.1, -0.05) is 18.2 Å². The zero-order valence-corrected chi connectivity index (χ0v) is 13.1. The summed E-state index contributed by atoms with van der Waals surface area (Å²) in [6.07, 6.45) is 2.89. The molecule has 0 aliphatic carbocycles. The standard InChI is InChI=1S/C15H19N5.ClH/c1-19(2)11-5-9-16-15-18-13-7-4-3-6-12(13)14-8-10-17-20(14)15;/h3-4,6-8,10H,5,9,11H2,1-2H3,(H,16,18);1H. The van der Waals surface area contributed by atoms with Crippen molar-refractivity contribution < 1.29 is 0 Å². The van der Waals surface area contributed by atoms with Crippen LogP contribution < -0.4 is 5.32 Å². The number of nitrogens with one attached hydrogen (secondary N) is 1. The first-order valence-corrected chi connectivity index (χ1v) is 6.87. The lowest BCUT2D eigenvalue weighted by Gasteiger charge is -2.12. The molecule has 0 fully saturated rings. The molecular formula is C15H20ClN5. The number of para-hydroxylation sites is 1. The van der Waals surface area contributed by atoms with Crippen LogP contribution in [0.15, 0.2) is 36.5 Å². The third-order valence-corrected chi connectivity index (χ3v) is 3.31. The van der Waals surface area contributed by atoms with Crippen LogP contribution in [0.4, 0.5) is 5.95 Å². The number of benzene rings is 1. The summed E-state index contributed by atoms with van der Waals surface area (Å²) in [7, 11) is 4.17. The number of hydrogen-bond donors (Lipinski definition) is 1. The molecule has 0 saturated heterocycles. The molecule has 0 atom stereocenters. The zero-order valence-electron chi connectivity index (χ0n) is 12.3. The van der Waals surface area contributed by atoms with Gasteiger partial charge in [0.1, 0.15) is 0 Å². The Balaban J connectivity index is 0.00000161. The summed E-state index contributed by atoms with van der Waals surface area (Å²) in [6, 6.07) is 10.2. The van der Waals surface area contributed by atoms with E-state index in [0.717, 1.165) is 41.9 Å². The first kappa shape index (κ1) is 15.5. The lowest BCUT2D eigenvalue weighted by Crippen LogP contribution is -2.17. The molecule has 3 aromatic rings. The molecule has 1 aromatic carbocycles. The predicted molar refractivity (Wildman–Crippen MR) is 89.4 cm³/mol. The van der Waals surface area contributed by atoms with E-state index in [0.29, 0.717) is 0 Å². The third kappa shape index (κ3) is 3.25. The molecule has 0 unspecified atom stereocenters. The molecule has 1 N–H and O–H groups in total. The summed E-state index contributed by atoms with van der Waals surface area (Å²) in [4.78, 5) is 6.85. The Hall–Kier alpha value is -1.85. The molecular weight excluding hydrogens is 286 g/mol. The van der Waals surface area contributed by atoms with Crippen LogP contribution in [0.2, 0.25) is 0 Å². The van der Waals surface area contributed by atoms with Gasteiger partial charge in [0.2, 0.25) is 5.95 Å². The maximum Gasteiger partial charge on any atom is 0.224 e. The van der Waals surface area contributed by atoms with E-state index in [-0.39, 0.29) is 12.4 Å². The van der Waals surface area contributed by atoms with E-state index in [2.05, 4.69) is 40.5 Å². The van der Waals surface area contributed by atoms with Crippen molar-refractivity contribution in [3.05, 3.63) is 36.5 Å². The fraction of sp³-hybridized carbons (Fsp3) is 0.333. The molecule has 0 spiro atoms. The molecule has 3 rings (SSSR count). The third-order valence-electron chi connectivity index (χ3n) is 3.31. The van der Waals surface area contributed by atoms with E-state index in [4.69, 9.17) is 0 Å². The van der Waals surface area contributed by atoms with Gasteiger partial charge < -0.3 is 10.2 Å². The second-order valence-corrected chi connectivity index (χ2v) is 5.16. The highest BCUT2D eigenvalue weighted by Gasteiger charge is 2.07. The van der Waals surface area contributed by atoms with Gasteiger partial charge in [-0.05, 0) is 39.2 Å². The Bertz CT molecular complexity index is 722. The monoisotopic (exact) mass is 305 g/mol. The summed E-state index contributed by atoms with van der Waals surface area (Å²) >= 11 is 0. The van der Waals surface area contributed by atoms with Gasteiger partial charge in [-0.25, -0.2) is 4.98 Å². The zero-order chi connectivity index (χ0) is 13.9. The topological polar surface area (TPSA) is 45.5 Å². The normalized spacial score (nSPS) is 11.0. The average Bonchev–Trinajstić information content (AvgIpc) is 2.93. The number of aromatic nitrogens is 3. The molecule has 5 nitrogen and oxygen atoms in total. The molecule has 0 amide bonds. The van der Waals surface area contributed by atoms with Gasteiger partial charge in [0.15, 0.2) is 0 Å². The van der Waals surface area contributed by atoms with Crippen LogP contribution in [0.25, 0.3) is 16.4 Å². The Morgan fingerprint density at radius 3 is 2.81 bits per heavy atom. The Morgan fingerprint density at radius 1 is 1.19 bits per heavy atom. The van der Waals surface area contributed by atoms with E-state index in [1.807, 2.05) is 35.0 Å². The summed E-state index contributed by atoms with van der Waals surface area (Å²) < 4.78 is 1.87. The summed E-state index contributed by atoms with van der Waals surface area (Å²) in [5.74, 6) is 0.808. The molecule has 2 heterocycles. The summed E-state index contributed by atoms with van der Waals surface area (Å²) in [6.45, 7) is 1.95. The highest BCUT2D eigenvalue weighted by atomic mass is 35.5. The maximum absolute atomic E-state index is 4.67. The van der Waals surface area contributed by atoms with Crippen LogP contribution in [0.1, 0.15) is 6.42 Å². The molecule has 0 saturated carbocycles. The van der Waals surface area contributed by atoms with Gasteiger partial charge >= 0.3 is 0 Å². The van der Waals surface area contributed by atoms with Gasteiger partial charge in [-0.2, -0.15) is 9.61 Å². The van der Waals surface area contributed by atoms with Gasteiger partial charge in [-0.3, -0.25) is 0 Å². The van der Waals surface area contributed by atoms with Crippen LogP contribution in [0.3, 0.4) is 0 Å². The van der Waals surface area contributed by atoms with Crippen molar-refractivity contribution in [3.8, 4) is 0 Å². The molecule has 112 valence electrons. The second kappa shape index (κ2) is 6.74. The number of rotatable bonds is 5. The van der Waals surface area contributed by atoms with E-state index in [9.17, 15) is 0 Å². The highest BCUT2D eigenvalue weighted by molar-refractivity contribution is 5.94. The molecule has 0 aliphatic heterocycles. The maximum atomic E-state index is 4.67. The quantitative estimate of drug-likeness (QED) is 0.736. The van der Waals surface area contributed by atoms with E-state index in [1.54, 1.807) is 0 Å². The Labute approximate surface area is 130 Å². The van der Waals surface area contributed by atoms with Crippen LogP contribution in [-0.2, 0) is 0 Å².